The highest BCUT2D eigenvalue weighted by Crippen LogP contribution is 2.35. The summed E-state index contributed by atoms with van der Waals surface area (Å²) in [5.74, 6) is -1.81. The average molecular weight is 368 g/mol. The largest absolute Gasteiger partial charge is 0.419 e. The lowest BCUT2D eigenvalue weighted by Gasteiger charge is -2.29. The SMILES string of the molecule is O=C1CCc2cc([N+](=O)[O-])ccc2N1Cc1cccc(C(F)(F)F)c1F. The van der Waals surface area contributed by atoms with Crippen LogP contribution in [0.5, 0.6) is 0 Å². The molecule has 0 radical (unpaired) electrons. The fourth-order valence-electron chi connectivity index (χ4n) is 2.92. The number of amides is 1. The first-order valence-corrected chi connectivity index (χ1v) is 7.60. The van der Waals surface area contributed by atoms with Crippen LogP contribution in [0.25, 0.3) is 0 Å². The number of benzene rings is 2. The van der Waals surface area contributed by atoms with Crippen molar-refractivity contribution in [1.29, 1.82) is 0 Å². The Morgan fingerprint density at radius 1 is 1.15 bits per heavy atom. The number of non-ortho nitro benzene ring substituents is 1. The topological polar surface area (TPSA) is 63.4 Å². The Morgan fingerprint density at radius 2 is 1.88 bits per heavy atom. The molecule has 1 amide bonds. The van der Waals surface area contributed by atoms with Crippen molar-refractivity contribution in [3.63, 3.8) is 0 Å². The maximum Gasteiger partial charge on any atom is 0.419 e. The van der Waals surface area contributed by atoms with Crippen LogP contribution in [0, 0.1) is 15.9 Å². The molecule has 5 nitrogen and oxygen atoms in total. The van der Waals surface area contributed by atoms with Crippen molar-refractivity contribution in [2.75, 3.05) is 4.90 Å². The Bertz CT molecular complexity index is 896. The number of halogens is 4. The summed E-state index contributed by atoms with van der Waals surface area (Å²) in [6.07, 6.45) is -4.53. The van der Waals surface area contributed by atoms with Crippen molar-refractivity contribution in [2.45, 2.75) is 25.6 Å². The highest BCUT2D eigenvalue weighted by Gasteiger charge is 2.35. The molecule has 136 valence electrons. The van der Waals surface area contributed by atoms with Gasteiger partial charge in [0.25, 0.3) is 5.69 Å². The third kappa shape index (κ3) is 3.24. The van der Waals surface area contributed by atoms with Crippen LogP contribution in [0.15, 0.2) is 36.4 Å². The quantitative estimate of drug-likeness (QED) is 0.463. The van der Waals surface area contributed by atoms with Gasteiger partial charge in [-0.3, -0.25) is 14.9 Å². The van der Waals surface area contributed by atoms with Gasteiger partial charge in [0.1, 0.15) is 5.82 Å². The summed E-state index contributed by atoms with van der Waals surface area (Å²) in [7, 11) is 0. The van der Waals surface area contributed by atoms with Gasteiger partial charge in [-0.1, -0.05) is 12.1 Å². The van der Waals surface area contributed by atoms with Gasteiger partial charge in [0.15, 0.2) is 0 Å². The summed E-state index contributed by atoms with van der Waals surface area (Å²) in [6, 6.07) is 6.76. The zero-order valence-corrected chi connectivity index (χ0v) is 13.2. The predicted molar refractivity (Wildman–Crippen MR) is 84.0 cm³/mol. The second-order valence-electron chi connectivity index (χ2n) is 5.83. The highest BCUT2D eigenvalue weighted by molar-refractivity contribution is 5.96. The fraction of sp³-hybridized carbons (Fsp3) is 0.235. The van der Waals surface area contributed by atoms with Crippen molar-refractivity contribution in [2.24, 2.45) is 0 Å². The van der Waals surface area contributed by atoms with Crippen LogP contribution in [-0.2, 0) is 23.9 Å². The minimum Gasteiger partial charge on any atom is -0.308 e. The molecule has 0 fully saturated rings. The van der Waals surface area contributed by atoms with Gasteiger partial charge in [0, 0.05) is 29.8 Å². The lowest BCUT2D eigenvalue weighted by atomic mass is 9.99. The molecular weight excluding hydrogens is 356 g/mol. The number of rotatable bonds is 3. The summed E-state index contributed by atoms with van der Waals surface area (Å²) >= 11 is 0. The number of hydrogen-bond donors (Lipinski definition) is 0. The van der Waals surface area contributed by atoms with Crippen LogP contribution in [-0.4, -0.2) is 10.8 Å². The molecule has 1 aliphatic heterocycles. The van der Waals surface area contributed by atoms with E-state index in [1.165, 1.54) is 24.3 Å². The smallest absolute Gasteiger partial charge is 0.308 e. The molecule has 0 spiro atoms. The molecule has 2 aromatic rings. The minimum atomic E-state index is -4.84. The summed E-state index contributed by atoms with van der Waals surface area (Å²) < 4.78 is 52.8. The molecule has 0 saturated heterocycles. The second kappa shape index (κ2) is 6.40. The molecule has 3 rings (SSSR count). The van der Waals surface area contributed by atoms with Crippen LogP contribution >= 0.6 is 0 Å². The number of aryl methyl sites for hydroxylation is 1. The first-order valence-electron chi connectivity index (χ1n) is 7.60. The van der Waals surface area contributed by atoms with Crippen LogP contribution in [0.4, 0.5) is 28.9 Å². The molecule has 0 N–H and O–H groups in total. The van der Waals surface area contributed by atoms with E-state index in [0.29, 0.717) is 17.3 Å². The standard InChI is InChI=1S/C17H12F4N2O3/c18-16-11(2-1-3-13(16)17(19,20)21)9-22-14-6-5-12(23(25)26)8-10(14)4-7-15(22)24/h1-3,5-6,8H,4,7,9H2. The van der Waals surface area contributed by atoms with E-state index in [1.807, 2.05) is 0 Å². The fourth-order valence-corrected chi connectivity index (χ4v) is 2.92. The molecule has 0 saturated carbocycles. The molecular formula is C17H12F4N2O3. The Kier molecular flexibility index (Phi) is 4.39. The zero-order chi connectivity index (χ0) is 19.1. The van der Waals surface area contributed by atoms with Gasteiger partial charge in [0.05, 0.1) is 17.0 Å². The van der Waals surface area contributed by atoms with E-state index in [0.717, 1.165) is 11.0 Å². The normalized spacial score (nSPS) is 14.3. The number of carbonyl (C=O) groups excluding carboxylic acids is 1. The molecule has 1 heterocycles. The van der Waals surface area contributed by atoms with Gasteiger partial charge in [-0.25, -0.2) is 4.39 Å². The number of alkyl halides is 3. The number of nitro groups is 1. The number of fused-ring (bicyclic) bond motifs is 1. The van der Waals surface area contributed by atoms with Crippen LogP contribution in [0.3, 0.4) is 0 Å². The molecule has 9 heteroatoms. The molecule has 26 heavy (non-hydrogen) atoms. The zero-order valence-electron chi connectivity index (χ0n) is 13.2. The number of carbonyl (C=O) groups is 1. The van der Waals surface area contributed by atoms with Crippen molar-refractivity contribution in [1.82, 2.24) is 0 Å². The van der Waals surface area contributed by atoms with Gasteiger partial charge in [-0.05, 0) is 24.1 Å². The minimum absolute atomic E-state index is 0.0365. The lowest BCUT2D eigenvalue weighted by Crippen LogP contribution is -2.35. The van der Waals surface area contributed by atoms with Crippen LogP contribution in [0.1, 0.15) is 23.1 Å². The van der Waals surface area contributed by atoms with E-state index in [9.17, 15) is 32.5 Å². The van der Waals surface area contributed by atoms with E-state index in [1.54, 1.807) is 0 Å². The number of nitro benzene ring substituents is 1. The van der Waals surface area contributed by atoms with Crippen molar-refractivity contribution in [3.8, 4) is 0 Å². The molecule has 0 atom stereocenters. The first-order chi connectivity index (χ1) is 12.2. The number of anilines is 1. The Morgan fingerprint density at radius 3 is 2.54 bits per heavy atom. The Labute approximate surface area is 145 Å². The van der Waals surface area contributed by atoms with Gasteiger partial charge < -0.3 is 4.90 Å². The first kappa shape index (κ1) is 17.8. The molecule has 0 unspecified atom stereocenters. The van der Waals surface area contributed by atoms with Gasteiger partial charge in [-0.2, -0.15) is 13.2 Å². The predicted octanol–water partition coefficient (Wildman–Crippen LogP) is 4.23. The lowest BCUT2D eigenvalue weighted by molar-refractivity contribution is -0.384. The monoisotopic (exact) mass is 368 g/mol. The van der Waals surface area contributed by atoms with Gasteiger partial charge in [-0.15, -0.1) is 0 Å². The summed E-state index contributed by atoms with van der Waals surface area (Å²) in [4.78, 5) is 23.7. The third-order valence-corrected chi connectivity index (χ3v) is 4.19. The Balaban J connectivity index is 1.99. The van der Waals surface area contributed by atoms with Crippen LogP contribution in [0.2, 0.25) is 0 Å². The number of hydrogen-bond acceptors (Lipinski definition) is 3. The molecule has 0 aromatic heterocycles. The van der Waals surface area contributed by atoms with E-state index in [-0.39, 0.29) is 36.5 Å². The Hall–Kier alpha value is -2.97. The van der Waals surface area contributed by atoms with Crippen LogP contribution < -0.4 is 4.90 Å². The average Bonchev–Trinajstić information content (AvgIpc) is 2.57. The maximum atomic E-state index is 14.2. The van der Waals surface area contributed by atoms with E-state index in [2.05, 4.69) is 0 Å². The molecule has 2 aromatic carbocycles. The molecule has 0 bridgehead atoms. The van der Waals surface area contributed by atoms with Crippen molar-refractivity contribution in [3.05, 3.63) is 69.0 Å². The molecule has 0 aliphatic carbocycles. The van der Waals surface area contributed by atoms with Gasteiger partial charge in [0.2, 0.25) is 5.91 Å². The van der Waals surface area contributed by atoms with Crippen molar-refractivity contribution >= 4 is 17.3 Å². The van der Waals surface area contributed by atoms with E-state index >= 15 is 0 Å². The van der Waals surface area contributed by atoms with E-state index < -0.39 is 22.5 Å². The second-order valence-corrected chi connectivity index (χ2v) is 5.83. The third-order valence-electron chi connectivity index (χ3n) is 4.19. The summed E-state index contributed by atoms with van der Waals surface area (Å²) in [6.45, 7) is -0.389. The van der Waals surface area contributed by atoms with E-state index in [4.69, 9.17) is 0 Å². The van der Waals surface area contributed by atoms with Crippen molar-refractivity contribution < 1.29 is 27.3 Å². The summed E-state index contributed by atoms with van der Waals surface area (Å²) in [5, 5.41) is 10.9. The van der Waals surface area contributed by atoms with Gasteiger partial charge >= 0.3 is 6.18 Å². The number of nitrogens with zero attached hydrogens (tertiary/aromatic N) is 2. The summed E-state index contributed by atoms with van der Waals surface area (Å²) in [5.41, 5.74) is -0.971. The highest BCUT2D eigenvalue weighted by atomic mass is 19.4. The maximum absolute atomic E-state index is 14.2. The molecule has 1 aliphatic rings.